The lowest BCUT2D eigenvalue weighted by Crippen LogP contribution is -2.25. The molecule has 5 heteroatoms. The Morgan fingerprint density at radius 3 is 2.92 bits per heavy atom. The van der Waals surface area contributed by atoms with Crippen LogP contribution >= 0.6 is 11.8 Å². The van der Waals surface area contributed by atoms with Crippen LogP contribution in [0.5, 0.6) is 0 Å². The van der Waals surface area contributed by atoms with Gasteiger partial charge in [-0.3, -0.25) is 4.79 Å². The van der Waals surface area contributed by atoms with Crippen molar-refractivity contribution in [3.8, 4) is 0 Å². The van der Waals surface area contributed by atoms with Gasteiger partial charge in [0.2, 0.25) is 0 Å². The van der Waals surface area contributed by atoms with E-state index in [1.807, 2.05) is 0 Å². The van der Waals surface area contributed by atoms with Crippen LogP contribution in [0.15, 0.2) is 21.6 Å². The standard InChI is InChI=1S/C8H11NO3S/c1-5-6(2-3-12-5)13-7(4-9)8(10)11/h2-3,7H,4,9H2,1H3,(H,10,11). The van der Waals surface area contributed by atoms with Gasteiger partial charge in [0.05, 0.1) is 6.26 Å². The molecule has 0 spiro atoms. The minimum absolute atomic E-state index is 0.116. The van der Waals surface area contributed by atoms with E-state index in [0.717, 1.165) is 10.7 Å². The van der Waals surface area contributed by atoms with Crippen LogP contribution in [0.25, 0.3) is 0 Å². The van der Waals surface area contributed by atoms with Crippen LogP contribution in [-0.2, 0) is 4.79 Å². The van der Waals surface area contributed by atoms with E-state index in [9.17, 15) is 4.79 Å². The van der Waals surface area contributed by atoms with Crippen LogP contribution in [0.3, 0.4) is 0 Å². The number of aliphatic carboxylic acids is 1. The molecule has 0 fully saturated rings. The van der Waals surface area contributed by atoms with Gasteiger partial charge in [0.1, 0.15) is 11.0 Å². The van der Waals surface area contributed by atoms with E-state index in [1.165, 1.54) is 18.0 Å². The number of carbonyl (C=O) groups is 1. The summed E-state index contributed by atoms with van der Waals surface area (Å²) < 4.78 is 5.04. The molecule has 0 aromatic carbocycles. The molecule has 1 rings (SSSR count). The first-order chi connectivity index (χ1) is 6.15. The minimum Gasteiger partial charge on any atom is -0.480 e. The number of carboxylic acids is 1. The molecule has 0 saturated carbocycles. The van der Waals surface area contributed by atoms with Crippen molar-refractivity contribution in [2.45, 2.75) is 17.1 Å². The van der Waals surface area contributed by atoms with E-state index < -0.39 is 11.2 Å². The number of hydrogen-bond donors (Lipinski definition) is 2. The van der Waals surface area contributed by atoms with Gasteiger partial charge in [-0.15, -0.1) is 11.8 Å². The molecule has 0 bridgehead atoms. The molecule has 0 aliphatic rings. The fourth-order valence-corrected chi connectivity index (χ4v) is 1.70. The Kier molecular flexibility index (Phi) is 3.39. The van der Waals surface area contributed by atoms with Crippen LogP contribution in [-0.4, -0.2) is 22.9 Å². The van der Waals surface area contributed by atoms with Gasteiger partial charge >= 0.3 is 5.97 Å². The minimum atomic E-state index is -0.895. The average Bonchev–Trinajstić information content (AvgIpc) is 2.46. The third kappa shape index (κ3) is 2.50. The van der Waals surface area contributed by atoms with Crippen molar-refractivity contribution in [1.29, 1.82) is 0 Å². The van der Waals surface area contributed by atoms with Crippen LogP contribution in [0, 0.1) is 6.92 Å². The van der Waals surface area contributed by atoms with Gasteiger partial charge in [0, 0.05) is 11.4 Å². The molecule has 1 aromatic rings. The Morgan fingerprint density at radius 2 is 2.54 bits per heavy atom. The highest BCUT2D eigenvalue weighted by atomic mass is 32.2. The molecule has 3 N–H and O–H groups in total. The summed E-state index contributed by atoms with van der Waals surface area (Å²) in [7, 11) is 0. The Morgan fingerprint density at radius 1 is 1.85 bits per heavy atom. The lowest BCUT2D eigenvalue weighted by Gasteiger charge is -2.07. The molecule has 1 heterocycles. The molecule has 0 saturated heterocycles. The first-order valence-electron chi connectivity index (χ1n) is 3.78. The quantitative estimate of drug-likeness (QED) is 0.713. The highest BCUT2D eigenvalue weighted by Crippen LogP contribution is 2.26. The highest BCUT2D eigenvalue weighted by Gasteiger charge is 2.18. The zero-order chi connectivity index (χ0) is 9.84. The van der Waals surface area contributed by atoms with Crippen molar-refractivity contribution in [2.24, 2.45) is 5.73 Å². The highest BCUT2D eigenvalue weighted by molar-refractivity contribution is 8.00. The predicted molar refractivity (Wildman–Crippen MR) is 49.8 cm³/mol. The second kappa shape index (κ2) is 4.34. The summed E-state index contributed by atoms with van der Waals surface area (Å²) in [4.78, 5) is 11.5. The largest absolute Gasteiger partial charge is 0.480 e. The second-order valence-electron chi connectivity index (χ2n) is 2.52. The summed E-state index contributed by atoms with van der Waals surface area (Å²) in [5.41, 5.74) is 5.31. The van der Waals surface area contributed by atoms with E-state index in [4.69, 9.17) is 15.3 Å². The van der Waals surface area contributed by atoms with Crippen LogP contribution in [0.4, 0.5) is 0 Å². The van der Waals surface area contributed by atoms with Gasteiger partial charge < -0.3 is 15.3 Å². The summed E-state index contributed by atoms with van der Waals surface area (Å²) in [6.07, 6.45) is 1.53. The number of carboxylic acid groups (broad SMARTS) is 1. The molecule has 0 aliphatic heterocycles. The van der Waals surface area contributed by atoms with Crippen molar-refractivity contribution < 1.29 is 14.3 Å². The Balaban J connectivity index is 2.67. The molecule has 0 radical (unpaired) electrons. The van der Waals surface area contributed by atoms with Crippen molar-refractivity contribution in [1.82, 2.24) is 0 Å². The van der Waals surface area contributed by atoms with Crippen molar-refractivity contribution >= 4 is 17.7 Å². The van der Waals surface area contributed by atoms with Crippen molar-refractivity contribution in [3.63, 3.8) is 0 Å². The molecule has 1 unspecified atom stereocenters. The maximum atomic E-state index is 10.6. The lowest BCUT2D eigenvalue weighted by atomic mass is 10.4. The smallest absolute Gasteiger partial charge is 0.318 e. The first-order valence-corrected chi connectivity index (χ1v) is 4.66. The molecule has 4 nitrogen and oxygen atoms in total. The van der Waals surface area contributed by atoms with E-state index >= 15 is 0 Å². The molecule has 1 aromatic heterocycles. The third-order valence-corrected chi connectivity index (χ3v) is 2.93. The predicted octanol–water partition coefficient (Wildman–Crippen LogP) is 1.09. The fraction of sp³-hybridized carbons (Fsp3) is 0.375. The maximum Gasteiger partial charge on any atom is 0.318 e. The molecule has 0 aliphatic carbocycles. The summed E-state index contributed by atoms with van der Waals surface area (Å²) in [5, 5.41) is 8.13. The van der Waals surface area contributed by atoms with Gasteiger partial charge in [0.15, 0.2) is 0 Å². The molecule has 13 heavy (non-hydrogen) atoms. The number of nitrogens with two attached hydrogens (primary N) is 1. The number of aryl methyl sites for hydroxylation is 1. The van der Waals surface area contributed by atoms with Crippen LogP contribution in [0.1, 0.15) is 5.76 Å². The number of rotatable bonds is 4. The monoisotopic (exact) mass is 201 g/mol. The molecular weight excluding hydrogens is 190 g/mol. The summed E-state index contributed by atoms with van der Waals surface area (Å²) in [5.74, 6) is -0.169. The molecule has 1 atom stereocenters. The number of furan rings is 1. The Hall–Kier alpha value is -0.940. The topological polar surface area (TPSA) is 76.5 Å². The number of hydrogen-bond acceptors (Lipinski definition) is 4. The zero-order valence-corrected chi connectivity index (χ0v) is 8.00. The van der Waals surface area contributed by atoms with Crippen molar-refractivity contribution in [2.75, 3.05) is 6.54 Å². The Bertz CT molecular complexity index is 297. The summed E-state index contributed by atoms with van der Waals surface area (Å²) in [6, 6.07) is 1.74. The van der Waals surface area contributed by atoms with Crippen LogP contribution in [0.2, 0.25) is 0 Å². The van der Waals surface area contributed by atoms with E-state index in [2.05, 4.69) is 0 Å². The fourth-order valence-electron chi connectivity index (χ4n) is 0.848. The maximum absolute atomic E-state index is 10.6. The van der Waals surface area contributed by atoms with Crippen LogP contribution < -0.4 is 5.73 Å². The van der Waals surface area contributed by atoms with E-state index in [1.54, 1.807) is 13.0 Å². The van der Waals surface area contributed by atoms with Gasteiger partial charge in [-0.1, -0.05) is 0 Å². The van der Waals surface area contributed by atoms with Gasteiger partial charge in [-0.25, -0.2) is 0 Å². The summed E-state index contributed by atoms with van der Waals surface area (Å²) >= 11 is 1.21. The summed E-state index contributed by atoms with van der Waals surface area (Å²) in [6.45, 7) is 1.91. The molecule has 72 valence electrons. The van der Waals surface area contributed by atoms with E-state index in [-0.39, 0.29) is 6.54 Å². The first kappa shape index (κ1) is 10.1. The second-order valence-corrected chi connectivity index (χ2v) is 3.77. The van der Waals surface area contributed by atoms with Gasteiger partial charge in [-0.2, -0.15) is 0 Å². The third-order valence-electron chi connectivity index (χ3n) is 1.57. The number of thioether (sulfide) groups is 1. The SMILES string of the molecule is Cc1occc1SC(CN)C(=O)O. The van der Waals surface area contributed by atoms with Gasteiger partial charge in [0.25, 0.3) is 0 Å². The van der Waals surface area contributed by atoms with Crippen molar-refractivity contribution in [3.05, 3.63) is 18.1 Å². The lowest BCUT2D eigenvalue weighted by molar-refractivity contribution is -0.136. The Labute approximate surface area is 80.1 Å². The molecular formula is C8H11NO3S. The molecule has 0 amide bonds. The zero-order valence-electron chi connectivity index (χ0n) is 7.19. The van der Waals surface area contributed by atoms with E-state index in [0.29, 0.717) is 0 Å². The average molecular weight is 201 g/mol. The van der Waals surface area contributed by atoms with Gasteiger partial charge in [-0.05, 0) is 13.0 Å². The normalized spacial score (nSPS) is 12.8.